The molecule has 112 valence electrons. The largest absolute Gasteiger partial charge is 0.381 e. The van der Waals surface area contributed by atoms with Gasteiger partial charge in [-0.1, -0.05) is 12.1 Å². The molecule has 1 saturated heterocycles. The summed E-state index contributed by atoms with van der Waals surface area (Å²) in [5.41, 5.74) is 0.832. The maximum atomic E-state index is 12.1. The first kappa shape index (κ1) is 14.4. The van der Waals surface area contributed by atoms with E-state index >= 15 is 0 Å². The summed E-state index contributed by atoms with van der Waals surface area (Å²) in [5, 5.41) is 2.90. The third kappa shape index (κ3) is 3.39. The number of hydrogen-bond donors (Lipinski definition) is 1. The zero-order valence-electron chi connectivity index (χ0n) is 11.7. The molecule has 0 bridgehead atoms. The summed E-state index contributed by atoms with van der Waals surface area (Å²) in [6, 6.07) is 7.70. The summed E-state index contributed by atoms with van der Waals surface area (Å²) in [6.07, 6.45) is 0.988. The summed E-state index contributed by atoms with van der Waals surface area (Å²) in [7, 11) is 0. The van der Waals surface area contributed by atoms with Gasteiger partial charge >= 0.3 is 0 Å². The molecule has 0 aliphatic carbocycles. The second kappa shape index (κ2) is 6.49. The van der Waals surface area contributed by atoms with Crippen molar-refractivity contribution in [2.24, 2.45) is 5.92 Å². The van der Waals surface area contributed by atoms with Crippen LogP contribution in [0, 0.1) is 5.92 Å². The molecule has 1 aromatic carbocycles. The minimum absolute atomic E-state index is 0.0157. The van der Waals surface area contributed by atoms with E-state index in [4.69, 9.17) is 4.74 Å². The Morgan fingerprint density at radius 3 is 3.10 bits per heavy atom. The van der Waals surface area contributed by atoms with Gasteiger partial charge in [-0.15, -0.1) is 11.8 Å². The zero-order chi connectivity index (χ0) is 14.7. The van der Waals surface area contributed by atoms with Crippen LogP contribution in [-0.2, 0) is 14.3 Å². The van der Waals surface area contributed by atoms with Crippen LogP contribution < -0.4 is 10.2 Å². The highest BCUT2D eigenvalue weighted by molar-refractivity contribution is 8.00. The van der Waals surface area contributed by atoms with Crippen molar-refractivity contribution in [3.8, 4) is 0 Å². The van der Waals surface area contributed by atoms with E-state index < -0.39 is 0 Å². The molecule has 0 spiro atoms. The molecule has 2 aliphatic heterocycles. The van der Waals surface area contributed by atoms with Crippen molar-refractivity contribution in [3.05, 3.63) is 24.3 Å². The van der Waals surface area contributed by atoms with E-state index in [1.807, 2.05) is 24.3 Å². The van der Waals surface area contributed by atoms with E-state index in [0.717, 1.165) is 23.6 Å². The lowest BCUT2D eigenvalue weighted by molar-refractivity contribution is -0.123. The smallest absolute Gasteiger partial charge is 0.240 e. The maximum absolute atomic E-state index is 12.1. The van der Waals surface area contributed by atoms with Crippen molar-refractivity contribution in [1.29, 1.82) is 0 Å². The second-order valence-electron chi connectivity index (χ2n) is 5.27. The van der Waals surface area contributed by atoms with Gasteiger partial charge in [-0.25, -0.2) is 0 Å². The van der Waals surface area contributed by atoms with E-state index in [1.165, 1.54) is 11.8 Å². The molecular weight excluding hydrogens is 288 g/mol. The minimum atomic E-state index is -0.114. The highest BCUT2D eigenvalue weighted by Crippen LogP contribution is 2.34. The predicted octanol–water partition coefficient (Wildman–Crippen LogP) is 1.28. The molecule has 1 atom stereocenters. The summed E-state index contributed by atoms with van der Waals surface area (Å²) in [6.45, 7) is 2.19. The molecule has 1 unspecified atom stereocenters. The van der Waals surface area contributed by atoms with Gasteiger partial charge in [-0.3, -0.25) is 9.59 Å². The van der Waals surface area contributed by atoms with Crippen LogP contribution in [0.1, 0.15) is 6.42 Å². The monoisotopic (exact) mass is 306 g/mol. The predicted molar refractivity (Wildman–Crippen MR) is 81.5 cm³/mol. The third-order valence-electron chi connectivity index (χ3n) is 3.72. The van der Waals surface area contributed by atoms with Crippen LogP contribution in [0.2, 0.25) is 0 Å². The lowest BCUT2D eigenvalue weighted by Gasteiger charge is -2.28. The Morgan fingerprint density at radius 2 is 2.29 bits per heavy atom. The number of ether oxygens (including phenoxy) is 1. The van der Waals surface area contributed by atoms with Crippen LogP contribution in [-0.4, -0.2) is 43.9 Å². The number of fused-ring (bicyclic) bond motifs is 1. The van der Waals surface area contributed by atoms with Crippen molar-refractivity contribution >= 4 is 29.3 Å². The first-order valence-electron chi connectivity index (χ1n) is 7.10. The Bertz CT molecular complexity index is 543. The van der Waals surface area contributed by atoms with Crippen LogP contribution in [0.4, 0.5) is 5.69 Å². The average Bonchev–Trinajstić information content (AvgIpc) is 3.01. The number of carbonyl (C=O) groups is 2. The number of thioether (sulfide) groups is 1. The van der Waals surface area contributed by atoms with Crippen molar-refractivity contribution in [3.63, 3.8) is 0 Å². The van der Waals surface area contributed by atoms with Crippen molar-refractivity contribution in [2.75, 3.05) is 37.0 Å². The van der Waals surface area contributed by atoms with Gasteiger partial charge in [0, 0.05) is 24.0 Å². The number of amides is 2. The number of nitrogens with zero attached hydrogens (tertiary/aromatic N) is 1. The van der Waals surface area contributed by atoms with Gasteiger partial charge in [0.2, 0.25) is 11.8 Å². The van der Waals surface area contributed by atoms with Crippen molar-refractivity contribution < 1.29 is 14.3 Å². The Morgan fingerprint density at radius 1 is 1.43 bits per heavy atom. The number of rotatable bonds is 4. The lowest BCUT2D eigenvalue weighted by atomic mass is 10.1. The highest BCUT2D eigenvalue weighted by Gasteiger charge is 2.26. The topological polar surface area (TPSA) is 58.6 Å². The molecule has 0 aromatic heterocycles. The van der Waals surface area contributed by atoms with Crippen LogP contribution in [0.25, 0.3) is 0 Å². The number of para-hydroxylation sites is 1. The molecule has 0 saturated carbocycles. The van der Waals surface area contributed by atoms with Gasteiger partial charge in [-0.2, -0.15) is 0 Å². The second-order valence-corrected chi connectivity index (χ2v) is 6.29. The van der Waals surface area contributed by atoms with Gasteiger partial charge in [0.15, 0.2) is 0 Å². The fourth-order valence-corrected chi connectivity index (χ4v) is 3.47. The molecule has 1 fully saturated rings. The van der Waals surface area contributed by atoms with Crippen molar-refractivity contribution in [1.82, 2.24) is 5.32 Å². The molecule has 1 aromatic rings. The van der Waals surface area contributed by atoms with Crippen LogP contribution in [0.15, 0.2) is 29.2 Å². The highest BCUT2D eigenvalue weighted by atomic mass is 32.2. The number of anilines is 1. The quantitative estimate of drug-likeness (QED) is 0.910. The van der Waals surface area contributed by atoms with Gasteiger partial charge < -0.3 is 15.0 Å². The Labute approximate surface area is 128 Å². The lowest BCUT2D eigenvalue weighted by Crippen LogP contribution is -2.44. The average molecular weight is 306 g/mol. The molecular formula is C15H18N2O3S. The summed E-state index contributed by atoms with van der Waals surface area (Å²) < 4.78 is 5.28. The molecule has 6 heteroatoms. The normalized spacial score (nSPS) is 21.2. The number of nitrogens with one attached hydrogen (secondary N) is 1. The number of carbonyl (C=O) groups excluding carboxylic acids is 2. The number of benzene rings is 1. The van der Waals surface area contributed by atoms with Crippen LogP contribution in [0.5, 0.6) is 0 Å². The molecule has 2 heterocycles. The summed E-state index contributed by atoms with van der Waals surface area (Å²) in [5.74, 6) is 0.657. The fourth-order valence-electron chi connectivity index (χ4n) is 2.53. The van der Waals surface area contributed by atoms with Gasteiger partial charge in [-0.05, 0) is 18.6 Å². The third-order valence-corrected chi connectivity index (χ3v) is 4.77. The molecule has 1 N–H and O–H groups in total. The van der Waals surface area contributed by atoms with E-state index in [1.54, 1.807) is 4.90 Å². The fraction of sp³-hybridized carbons (Fsp3) is 0.467. The summed E-state index contributed by atoms with van der Waals surface area (Å²) >= 11 is 1.52. The molecule has 3 rings (SSSR count). The Kier molecular flexibility index (Phi) is 4.45. The minimum Gasteiger partial charge on any atom is -0.381 e. The zero-order valence-corrected chi connectivity index (χ0v) is 12.5. The molecule has 21 heavy (non-hydrogen) atoms. The molecule has 2 aliphatic rings. The molecule has 0 radical (unpaired) electrons. The van der Waals surface area contributed by atoms with E-state index in [9.17, 15) is 9.59 Å². The van der Waals surface area contributed by atoms with Crippen molar-refractivity contribution in [2.45, 2.75) is 11.3 Å². The van der Waals surface area contributed by atoms with Gasteiger partial charge in [0.1, 0.15) is 6.54 Å². The Balaban J connectivity index is 1.60. The number of hydrogen-bond acceptors (Lipinski definition) is 4. The Hall–Kier alpha value is -1.53. The van der Waals surface area contributed by atoms with Crippen LogP contribution >= 0.6 is 11.8 Å². The molecule has 2 amide bonds. The maximum Gasteiger partial charge on any atom is 0.240 e. The summed E-state index contributed by atoms with van der Waals surface area (Å²) in [4.78, 5) is 26.8. The van der Waals surface area contributed by atoms with E-state index in [-0.39, 0.29) is 18.4 Å². The SMILES string of the molecule is O=C(CN1C(=O)CSc2ccccc21)NCC1CCOC1. The van der Waals surface area contributed by atoms with Crippen LogP contribution in [0.3, 0.4) is 0 Å². The standard InChI is InChI=1S/C15H18N2O3S/c18-14(16-7-11-5-6-20-9-11)8-17-12-3-1-2-4-13(12)21-10-15(17)19/h1-4,11H,5-10H2,(H,16,18). The first-order chi connectivity index (χ1) is 10.2. The van der Waals surface area contributed by atoms with E-state index in [2.05, 4.69) is 5.32 Å². The first-order valence-corrected chi connectivity index (χ1v) is 8.09. The molecule has 5 nitrogen and oxygen atoms in total. The van der Waals surface area contributed by atoms with E-state index in [0.29, 0.717) is 24.8 Å². The van der Waals surface area contributed by atoms with Gasteiger partial charge in [0.25, 0.3) is 0 Å². The van der Waals surface area contributed by atoms with Gasteiger partial charge in [0.05, 0.1) is 18.0 Å².